The number of ether oxygens (including phenoxy) is 1. The van der Waals surface area contributed by atoms with E-state index in [1.807, 2.05) is 0 Å². The van der Waals surface area contributed by atoms with Crippen LogP contribution in [0.2, 0.25) is 0 Å². The summed E-state index contributed by atoms with van der Waals surface area (Å²) in [6, 6.07) is 0.987. The van der Waals surface area contributed by atoms with Gasteiger partial charge >= 0.3 is 0 Å². The van der Waals surface area contributed by atoms with Gasteiger partial charge in [0.1, 0.15) is 29.2 Å². The van der Waals surface area contributed by atoms with Gasteiger partial charge in [-0.15, -0.1) is 0 Å². The molecule has 5 N–H and O–H groups in total. The van der Waals surface area contributed by atoms with Crippen LogP contribution < -0.4 is 11.3 Å². The molecule has 0 aromatic rings. The fraction of sp³-hybridized carbons (Fsp3) is 0.462. The van der Waals surface area contributed by atoms with Gasteiger partial charge in [0, 0.05) is 6.20 Å². The first kappa shape index (κ1) is 15.7. The van der Waals surface area contributed by atoms with E-state index in [9.17, 15) is 24.5 Å². The number of halogens is 1. The molecule has 0 radical (unpaired) electrons. The molecule has 0 spiro atoms. The Balaban J connectivity index is 2.21. The van der Waals surface area contributed by atoms with Gasteiger partial charge < -0.3 is 30.4 Å². The van der Waals surface area contributed by atoms with Gasteiger partial charge in [-0.3, -0.25) is 4.79 Å². The smallest absolute Gasteiger partial charge is 0.287 e. The number of pyridine rings is 1. The predicted octanol–water partition coefficient (Wildman–Crippen LogP) is -1.53. The number of fused-ring (bicyclic) bond motifs is 1. The van der Waals surface area contributed by atoms with Crippen molar-refractivity contribution in [3.8, 4) is 11.4 Å². The Labute approximate surface area is 129 Å². The van der Waals surface area contributed by atoms with Gasteiger partial charge in [0.15, 0.2) is 12.1 Å². The van der Waals surface area contributed by atoms with E-state index in [1.165, 1.54) is 17.7 Å². The van der Waals surface area contributed by atoms with E-state index in [0.29, 0.717) is 0 Å². The average molecular weight is 326 g/mol. The van der Waals surface area contributed by atoms with Gasteiger partial charge in [-0.05, 0) is 13.0 Å². The lowest BCUT2D eigenvalue weighted by molar-refractivity contribution is -0.0964. The average Bonchev–Trinajstić information content (AvgIpc) is 2.70. The molecule has 0 bridgehead atoms. The number of aliphatic hydroxyl groups is 3. The first-order chi connectivity index (χ1) is 10.8. The second-order valence-corrected chi connectivity index (χ2v) is 5.54. The number of rotatable bonds is 2. The zero-order valence-electron chi connectivity index (χ0n) is 12.0. The van der Waals surface area contributed by atoms with E-state index >= 15 is 0 Å². The molecule has 124 valence electrons. The summed E-state index contributed by atoms with van der Waals surface area (Å²) in [7, 11) is 0. The van der Waals surface area contributed by atoms with Crippen LogP contribution in [0, 0.1) is 5.82 Å². The van der Waals surface area contributed by atoms with E-state index in [0.717, 1.165) is 6.07 Å². The molecule has 1 saturated heterocycles. The molecule has 0 saturated carbocycles. The highest BCUT2D eigenvalue weighted by Crippen LogP contribution is 2.40. The molecule has 23 heavy (non-hydrogen) atoms. The van der Waals surface area contributed by atoms with Crippen LogP contribution in [0.1, 0.15) is 13.2 Å². The fourth-order valence-corrected chi connectivity index (χ4v) is 2.72. The van der Waals surface area contributed by atoms with Gasteiger partial charge in [-0.25, -0.2) is 4.39 Å². The SMILES string of the molecule is CC1(O)C(O)C(CO)OC1n1ccc(F)c2c(=O)nc(N)nc1-2. The maximum atomic E-state index is 13.9. The van der Waals surface area contributed by atoms with Crippen LogP contribution in [0.15, 0.2) is 17.1 Å². The monoisotopic (exact) mass is 326 g/mol. The number of aromatic nitrogens is 3. The molecule has 0 aromatic heterocycles. The van der Waals surface area contributed by atoms with Crippen molar-refractivity contribution < 1.29 is 24.4 Å². The van der Waals surface area contributed by atoms with Crippen LogP contribution in [0.4, 0.5) is 10.3 Å². The van der Waals surface area contributed by atoms with Crippen LogP contribution in [-0.2, 0) is 4.74 Å². The molecule has 4 atom stereocenters. The lowest BCUT2D eigenvalue weighted by atomic mass is 9.96. The largest absolute Gasteiger partial charge is 0.394 e. The first-order valence-electron chi connectivity index (χ1n) is 6.78. The van der Waals surface area contributed by atoms with Crippen molar-refractivity contribution in [2.75, 3.05) is 12.3 Å². The minimum atomic E-state index is -1.81. The van der Waals surface area contributed by atoms with Crippen LogP contribution in [0.3, 0.4) is 0 Å². The van der Waals surface area contributed by atoms with Gasteiger partial charge in [0.25, 0.3) is 5.56 Å². The highest BCUT2D eigenvalue weighted by molar-refractivity contribution is 5.58. The highest BCUT2D eigenvalue weighted by atomic mass is 19.1. The Morgan fingerprint density at radius 2 is 2.22 bits per heavy atom. The van der Waals surface area contributed by atoms with Crippen molar-refractivity contribution in [1.29, 1.82) is 0 Å². The Morgan fingerprint density at radius 1 is 1.52 bits per heavy atom. The molecule has 3 heterocycles. The number of nitrogens with two attached hydrogens (primary N) is 1. The molecule has 1 fully saturated rings. The van der Waals surface area contributed by atoms with Crippen LogP contribution >= 0.6 is 0 Å². The molecule has 10 heteroatoms. The van der Waals surface area contributed by atoms with Crippen molar-refractivity contribution in [1.82, 2.24) is 14.5 Å². The van der Waals surface area contributed by atoms with Gasteiger partial charge in [-0.2, -0.15) is 9.97 Å². The normalized spacial score (nSPS) is 30.9. The molecule has 3 rings (SSSR count). The number of hydrogen-bond donors (Lipinski definition) is 4. The zero-order valence-corrected chi connectivity index (χ0v) is 12.0. The number of nitrogens with zero attached hydrogens (tertiary/aromatic N) is 3. The molecule has 4 unspecified atom stereocenters. The summed E-state index contributed by atoms with van der Waals surface area (Å²) in [5, 5.41) is 29.8. The summed E-state index contributed by atoms with van der Waals surface area (Å²) in [5.41, 5.74) is 2.31. The molecular weight excluding hydrogens is 311 g/mol. The molecule has 9 nitrogen and oxygen atoms in total. The summed E-state index contributed by atoms with van der Waals surface area (Å²) >= 11 is 0. The van der Waals surface area contributed by atoms with Crippen LogP contribution in [0.5, 0.6) is 0 Å². The highest BCUT2D eigenvalue weighted by Gasteiger charge is 2.53. The Hall–Kier alpha value is -2.14. The summed E-state index contributed by atoms with van der Waals surface area (Å²) in [5.74, 6) is -1.39. The minimum absolute atomic E-state index is 0.182. The number of aliphatic hydroxyl groups excluding tert-OH is 2. The molecule has 0 aliphatic carbocycles. The summed E-state index contributed by atoms with van der Waals surface area (Å²) in [6.45, 7) is 0.764. The van der Waals surface area contributed by atoms with E-state index < -0.39 is 47.6 Å². The third-order valence-electron chi connectivity index (χ3n) is 3.93. The van der Waals surface area contributed by atoms with Gasteiger partial charge in [0.2, 0.25) is 5.95 Å². The lowest BCUT2D eigenvalue weighted by Gasteiger charge is -2.29. The molecular formula is C13H15FN4O5. The zero-order chi connectivity index (χ0) is 16.9. The quantitative estimate of drug-likeness (QED) is 0.520. The van der Waals surface area contributed by atoms with E-state index in [1.54, 1.807) is 0 Å². The molecule has 0 aromatic carbocycles. The lowest BCUT2D eigenvalue weighted by Crippen LogP contribution is -2.44. The Morgan fingerprint density at radius 3 is 2.83 bits per heavy atom. The number of hydrogen-bond acceptors (Lipinski definition) is 8. The molecule has 3 aliphatic heterocycles. The van der Waals surface area contributed by atoms with Crippen molar-refractivity contribution in [3.63, 3.8) is 0 Å². The first-order valence-corrected chi connectivity index (χ1v) is 6.78. The summed E-state index contributed by atoms with van der Waals surface area (Å²) in [6.07, 6.45) is -2.45. The summed E-state index contributed by atoms with van der Waals surface area (Å²) < 4.78 is 20.5. The van der Waals surface area contributed by atoms with Gasteiger partial charge in [0.05, 0.1) is 6.61 Å². The summed E-state index contributed by atoms with van der Waals surface area (Å²) in [4.78, 5) is 19.1. The number of anilines is 1. The standard InChI is InChI=1S/C13H15FN4O5/c1-13(22)8(20)6(4-19)23-11(13)18-3-2-5(14)7-9(18)16-12(15)17-10(7)21/h2-3,6,8,11,19-20,22H,4H2,1H3,(H2,15,17,21). The van der Waals surface area contributed by atoms with Crippen LogP contribution in [0.25, 0.3) is 11.4 Å². The van der Waals surface area contributed by atoms with E-state index in [-0.39, 0.29) is 11.8 Å². The van der Waals surface area contributed by atoms with Crippen LogP contribution in [-0.4, -0.2) is 54.3 Å². The predicted molar refractivity (Wildman–Crippen MR) is 74.9 cm³/mol. The van der Waals surface area contributed by atoms with Crippen molar-refractivity contribution >= 4 is 5.95 Å². The maximum Gasteiger partial charge on any atom is 0.287 e. The maximum absolute atomic E-state index is 13.9. The third-order valence-corrected chi connectivity index (χ3v) is 3.93. The second kappa shape index (κ2) is 5.20. The minimum Gasteiger partial charge on any atom is -0.394 e. The van der Waals surface area contributed by atoms with E-state index in [2.05, 4.69) is 9.97 Å². The molecule has 3 aliphatic rings. The Kier molecular flexibility index (Phi) is 3.56. The van der Waals surface area contributed by atoms with E-state index in [4.69, 9.17) is 10.5 Å². The second-order valence-electron chi connectivity index (χ2n) is 5.54. The van der Waals surface area contributed by atoms with Crippen molar-refractivity contribution in [2.45, 2.75) is 31.0 Å². The molecule has 0 amide bonds. The number of nitrogen functional groups attached to an aromatic ring is 1. The Bertz CT molecular complexity index is 780. The topological polar surface area (TPSA) is 144 Å². The third kappa shape index (κ3) is 2.27. The fourth-order valence-electron chi connectivity index (χ4n) is 2.72. The van der Waals surface area contributed by atoms with Crippen molar-refractivity contribution in [2.24, 2.45) is 0 Å². The van der Waals surface area contributed by atoms with Gasteiger partial charge in [-0.1, -0.05) is 0 Å². The van der Waals surface area contributed by atoms with Crippen molar-refractivity contribution in [3.05, 3.63) is 28.4 Å².